The van der Waals surface area contributed by atoms with E-state index in [1.807, 2.05) is 25.2 Å². The fourth-order valence-corrected chi connectivity index (χ4v) is 5.49. The molecule has 3 aromatic carbocycles. The Morgan fingerprint density at radius 3 is 2.12 bits per heavy atom. The van der Waals surface area contributed by atoms with Crippen LogP contribution in [0.15, 0.2) is 76.3 Å². The van der Waals surface area contributed by atoms with Gasteiger partial charge in [0, 0.05) is 24.5 Å². The highest BCUT2D eigenvalue weighted by Crippen LogP contribution is 2.27. The largest absolute Gasteiger partial charge is 0.478 e. The lowest BCUT2D eigenvalue weighted by Crippen LogP contribution is -2.45. The quantitative estimate of drug-likeness (QED) is 0.299. The van der Waals surface area contributed by atoms with E-state index in [0.717, 1.165) is 30.6 Å². The summed E-state index contributed by atoms with van der Waals surface area (Å²) in [5.74, 6) is -2.21. The van der Waals surface area contributed by atoms with Crippen LogP contribution in [0, 0.1) is 0 Å². The SMILES string of the molecule is C=c1c(=Cc2ccc3c(c2)CCCN3C)c(=O)n(-c2ccc(C(=O)O)cc2)c2[nH]n(-c3ccc(C(=O)O)cc3)c(=O)c12. The lowest BCUT2D eigenvalue weighted by atomic mass is 9.99. The van der Waals surface area contributed by atoms with E-state index in [-0.39, 0.29) is 32.6 Å². The number of aromatic amines is 1. The number of nitrogens with one attached hydrogen (secondary N) is 1. The molecular formula is C32H26N4O6. The second kappa shape index (κ2) is 10.1. The highest BCUT2D eigenvalue weighted by molar-refractivity contribution is 5.88. The highest BCUT2D eigenvalue weighted by atomic mass is 16.4. The van der Waals surface area contributed by atoms with Gasteiger partial charge in [0.2, 0.25) is 0 Å². The average molecular weight is 563 g/mol. The summed E-state index contributed by atoms with van der Waals surface area (Å²) >= 11 is 0. The molecule has 0 amide bonds. The zero-order chi connectivity index (χ0) is 29.7. The van der Waals surface area contributed by atoms with Crippen molar-refractivity contribution >= 4 is 41.3 Å². The summed E-state index contributed by atoms with van der Waals surface area (Å²) in [5, 5.41) is 22.3. The third-order valence-electron chi connectivity index (χ3n) is 7.67. The number of H-pyrrole nitrogens is 1. The third kappa shape index (κ3) is 4.39. The Balaban J connectivity index is 1.64. The van der Waals surface area contributed by atoms with Gasteiger partial charge in [-0.3, -0.25) is 19.3 Å². The van der Waals surface area contributed by atoms with Gasteiger partial charge in [-0.1, -0.05) is 12.6 Å². The van der Waals surface area contributed by atoms with E-state index >= 15 is 0 Å². The molecule has 0 bridgehead atoms. The van der Waals surface area contributed by atoms with Crippen LogP contribution in [-0.4, -0.2) is 50.1 Å². The van der Waals surface area contributed by atoms with Crippen molar-refractivity contribution in [2.24, 2.45) is 0 Å². The van der Waals surface area contributed by atoms with Crippen molar-refractivity contribution in [3.8, 4) is 11.4 Å². The summed E-state index contributed by atoms with van der Waals surface area (Å²) < 4.78 is 2.56. The van der Waals surface area contributed by atoms with Crippen LogP contribution in [0.3, 0.4) is 0 Å². The van der Waals surface area contributed by atoms with Crippen molar-refractivity contribution in [2.75, 3.05) is 18.5 Å². The van der Waals surface area contributed by atoms with Crippen molar-refractivity contribution in [2.45, 2.75) is 12.8 Å². The lowest BCUT2D eigenvalue weighted by Gasteiger charge is -2.27. The lowest BCUT2D eigenvalue weighted by molar-refractivity contribution is 0.0686. The Hall–Kier alpha value is -5.64. The Morgan fingerprint density at radius 2 is 1.50 bits per heavy atom. The van der Waals surface area contributed by atoms with E-state index in [1.165, 1.54) is 63.3 Å². The Kier molecular flexibility index (Phi) is 6.38. The highest BCUT2D eigenvalue weighted by Gasteiger charge is 2.19. The Bertz CT molecular complexity index is 2140. The van der Waals surface area contributed by atoms with Gasteiger partial charge in [-0.15, -0.1) is 0 Å². The van der Waals surface area contributed by atoms with Gasteiger partial charge in [0.25, 0.3) is 11.1 Å². The zero-order valence-corrected chi connectivity index (χ0v) is 22.6. The molecular weight excluding hydrogens is 536 g/mol. The molecule has 6 rings (SSSR count). The monoisotopic (exact) mass is 562 g/mol. The Labute approximate surface area is 238 Å². The van der Waals surface area contributed by atoms with E-state index in [0.29, 0.717) is 11.4 Å². The molecule has 42 heavy (non-hydrogen) atoms. The van der Waals surface area contributed by atoms with Crippen molar-refractivity contribution in [3.05, 3.63) is 120 Å². The van der Waals surface area contributed by atoms with Gasteiger partial charge < -0.3 is 15.1 Å². The number of benzene rings is 3. The zero-order valence-electron chi connectivity index (χ0n) is 22.6. The van der Waals surface area contributed by atoms with Crippen LogP contribution >= 0.6 is 0 Å². The Morgan fingerprint density at radius 1 is 0.881 bits per heavy atom. The van der Waals surface area contributed by atoms with Gasteiger partial charge in [0.05, 0.1) is 27.9 Å². The summed E-state index contributed by atoms with van der Waals surface area (Å²) in [4.78, 5) is 52.9. The number of hydrogen-bond acceptors (Lipinski definition) is 5. The second-order valence-electron chi connectivity index (χ2n) is 10.3. The molecule has 10 nitrogen and oxygen atoms in total. The smallest absolute Gasteiger partial charge is 0.335 e. The van der Waals surface area contributed by atoms with E-state index in [4.69, 9.17) is 0 Å². The first-order valence-corrected chi connectivity index (χ1v) is 13.3. The minimum atomic E-state index is -1.11. The fraction of sp³-hybridized carbons (Fsp3) is 0.125. The van der Waals surface area contributed by atoms with Crippen molar-refractivity contribution in [1.29, 1.82) is 0 Å². The van der Waals surface area contributed by atoms with Gasteiger partial charge in [-0.05, 0) is 95.9 Å². The molecule has 1 aliphatic heterocycles. The molecule has 10 heteroatoms. The summed E-state index contributed by atoms with van der Waals surface area (Å²) in [6.07, 6.45) is 3.66. The summed E-state index contributed by atoms with van der Waals surface area (Å²) in [7, 11) is 2.05. The average Bonchev–Trinajstić information content (AvgIpc) is 3.32. The predicted molar refractivity (Wildman–Crippen MR) is 160 cm³/mol. The number of pyridine rings is 1. The van der Waals surface area contributed by atoms with Crippen LogP contribution in [0.4, 0.5) is 5.69 Å². The van der Waals surface area contributed by atoms with Crippen LogP contribution < -0.4 is 26.5 Å². The van der Waals surface area contributed by atoms with Crippen LogP contribution in [0.5, 0.6) is 0 Å². The predicted octanol–water partition coefficient (Wildman–Crippen LogP) is 2.49. The molecule has 0 saturated carbocycles. The minimum absolute atomic E-state index is 0.0484. The van der Waals surface area contributed by atoms with Crippen LogP contribution in [0.25, 0.3) is 35.1 Å². The number of carbonyl (C=O) groups is 2. The molecule has 210 valence electrons. The van der Waals surface area contributed by atoms with Gasteiger partial charge in [0.1, 0.15) is 5.65 Å². The first kappa shape index (κ1) is 26.6. The molecule has 0 atom stereocenters. The fourth-order valence-electron chi connectivity index (χ4n) is 5.49. The first-order chi connectivity index (χ1) is 20.1. The molecule has 1 aliphatic rings. The number of fused-ring (bicyclic) bond motifs is 2. The second-order valence-corrected chi connectivity index (χ2v) is 10.3. The number of hydrogen-bond donors (Lipinski definition) is 3. The van der Waals surface area contributed by atoms with Gasteiger partial charge >= 0.3 is 11.9 Å². The van der Waals surface area contributed by atoms with Gasteiger partial charge in [-0.25, -0.2) is 14.3 Å². The van der Waals surface area contributed by atoms with Crippen molar-refractivity contribution in [3.63, 3.8) is 0 Å². The normalized spacial score (nSPS) is 13.4. The first-order valence-electron chi connectivity index (χ1n) is 13.3. The van der Waals surface area contributed by atoms with Crippen LogP contribution in [0.1, 0.15) is 38.3 Å². The molecule has 0 aliphatic carbocycles. The number of rotatable bonds is 5. The maximum Gasteiger partial charge on any atom is 0.335 e. The number of aromatic nitrogens is 3. The number of anilines is 1. The van der Waals surface area contributed by atoms with E-state index < -0.39 is 23.1 Å². The molecule has 2 aromatic heterocycles. The topological polar surface area (TPSA) is 138 Å². The van der Waals surface area contributed by atoms with E-state index in [1.54, 1.807) is 6.08 Å². The number of nitrogens with zero attached hydrogens (tertiary/aromatic N) is 3. The molecule has 5 aromatic rings. The maximum absolute atomic E-state index is 14.1. The van der Waals surface area contributed by atoms with E-state index in [2.05, 4.69) is 16.6 Å². The van der Waals surface area contributed by atoms with Gasteiger partial charge in [0.15, 0.2) is 0 Å². The molecule has 0 radical (unpaired) electrons. The summed E-state index contributed by atoms with van der Waals surface area (Å²) in [6, 6.07) is 17.5. The summed E-state index contributed by atoms with van der Waals surface area (Å²) in [6.45, 7) is 5.11. The van der Waals surface area contributed by atoms with Crippen molar-refractivity contribution in [1.82, 2.24) is 14.3 Å². The maximum atomic E-state index is 14.1. The van der Waals surface area contributed by atoms with Crippen LogP contribution in [-0.2, 0) is 6.42 Å². The standard InChI is InChI=1S/C32H26N4O6/c1-18-25(17-19-5-14-26-22(16-19)4-3-15-34(26)2)29(37)35(23-10-6-20(7-11-23)31(39)40)28-27(18)30(38)36(33-28)24-12-8-21(9-13-24)32(41)42/h5-14,16-17,33H,1,3-4,15H2,2H3,(H,39,40)(H,41,42). The van der Waals surface area contributed by atoms with E-state index in [9.17, 15) is 29.4 Å². The van der Waals surface area contributed by atoms with Crippen molar-refractivity contribution < 1.29 is 19.8 Å². The molecule has 0 unspecified atom stereocenters. The molecule has 0 fully saturated rings. The minimum Gasteiger partial charge on any atom is -0.478 e. The summed E-state index contributed by atoms with van der Waals surface area (Å²) in [5.41, 5.74) is 3.18. The number of carboxylic acids is 2. The van der Waals surface area contributed by atoms with Gasteiger partial charge in [-0.2, -0.15) is 0 Å². The number of carboxylic acid groups (broad SMARTS) is 2. The molecule has 0 saturated heterocycles. The third-order valence-corrected chi connectivity index (χ3v) is 7.67. The molecule has 3 N–H and O–H groups in total. The number of aromatic carboxylic acids is 2. The van der Waals surface area contributed by atoms with Crippen LogP contribution in [0.2, 0.25) is 0 Å². The molecule has 0 spiro atoms. The molecule has 3 heterocycles. The number of aryl methyl sites for hydroxylation is 1.